The van der Waals surface area contributed by atoms with E-state index in [1.807, 2.05) is 0 Å². The minimum Gasteiger partial charge on any atom is -0.461 e. The highest BCUT2D eigenvalue weighted by atomic mass is 19.1. The number of carbonyl (C=O) groups excluding carboxylic acids is 2. The van der Waals surface area contributed by atoms with Gasteiger partial charge in [-0.1, -0.05) is 6.07 Å². The molecular weight excluding hydrogens is 299 g/mol. The number of halogens is 1. The van der Waals surface area contributed by atoms with Gasteiger partial charge in [0.25, 0.3) is 0 Å². The van der Waals surface area contributed by atoms with Crippen LogP contribution in [-0.4, -0.2) is 18.2 Å². The predicted molar refractivity (Wildman–Crippen MR) is 86.7 cm³/mol. The second-order valence-electron chi connectivity index (χ2n) is 4.90. The van der Waals surface area contributed by atoms with Gasteiger partial charge in [-0.3, -0.25) is 4.79 Å². The fraction of sp³-hybridized carbons (Fsp3) is 0.176. The first kappa shape index (κ1) is 16.5. The molecule has 5 nitrogen and oxygen atoms in total. The zero-order chi connectivity index (χ0) is 16.8. The number of ketones is 1. The fourth-order valence-corrected chi connectivity index (χ4v) is 1.92. The van der Waals surface area contributed by atoms with Crippen LogP contribution in [0.3, 0.4) is 0 Å². The molecule has 1 unspecified atom stereocenters. The monoisotopic (exact) mass is 316 g/mol. The normalized spacial score (nSPS) is 11.4. The summed E-state index contributed by atoms with van der Waals surface area (Å²) in [6, 6.07) is 12.5. The van der Waals surface area contributed by atoms with Crippen molar-refractivity contribution < 1.29 is 18.7 Å². The van der Waals surface area contributed by atoms with E-state index in [2.05, 4.69) is 10.6 Å². The first-order chi connectivity index (χ1) is 10.9. The van der Waals surface area contributed by atoms with Gasteiger partial charge in [0, 0.05) is 29.9 Å². The molecule has 0 bridgehead atoms. The van der Waals surface area contributed by atoms with Crippen molar-refractivity contribution in [1.29, 1.82) is 0 Å². The van der Waals surface area contributed by atoms with Crippen LogP contribution in [-0.2, 0) is 0 Å². The molecule has 0 saturated carbocycles. The molecule has 2 amide bonds. The Labute approximate surface area is 133 Å². The summed E-state index contributed by atoms with van der Waals surface area (Å²) in [5, 5.41) is 5.26. The summed E-state index contributed by atoms with van der Waals surface area (Å²) < 4.78 is 17.7. The SMILES string of the molecule is CC(=O)c1ccc(NC(=O)Nc2cccc(OC(C)F)c2)cc1. The van der Waals surface area contributed by atoms with Gasteiger partial charge in [-0.25, -0.2) is 9.18 Å². The molecule has 23 heavy (non-hydrogen) atoms. The molecule has 0 aliphatic rings. The maximum absolute atomic E-state index is 12.8. The van der Waals surface area contributed by atoms with Crippen molar-refractivity contribution in [2.24, 2.45) is 0 Å². The van der Waals surface area contributed by atoms with Gasteiger partial charge in [-0.05, 0) is 43.3 Å². The Morgan fingerprint density at radius 3 is 2.30 bits per heavy atom. The number of anilines is 2. The number of amides is 2. The third-order valence-electron chi connectivity index (χ3n) is 2.94. The lowest BCUT2D eigenvalue weighted by atomic mass is 10.1. The van der Waals surface area contributed by atoms with E-state index in [1.165, 1.54) is 19.9 Å². The van der Waals surface area contributed by atoms with Crippen LogP contribution in [0.25, 0.3) is 0 Å². The summed E-state index contributed by atoms with van der Waals surface area (Å²) >= 11 is 0. The zero-order valence-electron chi connectivity index (χ0n) is 12.8. The topological polar surface area (TPSA) is 67.4 Å². The number of ether oxygens (including phenoxy) is 1. The molecule has 0 saturated heterocycles. The van der Waals surface area contributed by atoms with Gasteiger partial charge < -0.3 is 15.4 Å². The Kier molecular flexibility index (Phi) is 5.30. The molecule has 2 N–H and O–H groups in total. The number of nitrogens with one attached hydrogen (secondary N) is 2. The van der Waals surface area contributed by atoms with Crippen LogP contribution >= 0.6 is 0 Å². The Balaban J connectivity index is 1.97. The Morgan fingerprint density at radius 2 is 1.70 bits per heavy atom. The Morgan fingerprint density at radius 1 is 1.04 bits per heavy atom. The smallest absolute Gasteiger partial charge is 0.323 e. The molecule has 0 fully saturated rings. The molecule has 2 aromatic rings. The van der Waals surface area contributed by atoms with Crippen molar-refractivity contribution in [2.45, 2.75) is 20.2 Å². The van der Waals surface area contributed by atoms with Crippen LogP contribution in [0.4, 0.5) is 20.6 Å². The average molecular weight is 316 g/mol. The molecular formula is C17H17FN2O3. The van der Waals surface area contributed by atoms with Gasteiger partial charge in [0.2, 0.25) is 6.36 Å². The standard InChI is InChI=1S/C17H17FN2O3/c1-11(21)13-6-8-14(9-7-13)19-17(22)20-15-4-3-5-16(10-15)23-12(2)18/h3-10,12H,1-2H3,(H2,19,20,22). The third-order valence-corrected chi connectivity index (χ3v) is 2.94. The van der Waals surface area contributed by atoms with E-state index >= 15 is 0 Å². The van der Waals surface area contributed by atoms with E-state index in [4.69, 9.17) is 4.74 Å². The molecule has 0 aliphatic carbocycles. The minimum absolute atomic E-state index is 0.0418. The first-order valence-corrected chi connectivity index (χ1v) is 7.04. The van der Waals surface area contributed by atoms with Crippen LogP contribution < -0.4 is 15.4 Å². The maximum Gasteiger partial charge on any atom is 0.323 e. The second-order valence-corrected chi connectivity index (χ2v) is 4.90. The highest BCUT2D eigenvalue weighted by molar-refractivity contribution is 6.00. The first-order valence-electron chi connectivity index (χ1n) is 7.04. The van der Waals surface area contributed by atoms with Gasteiger partial charge in [0.1, 0.15) is 5.75 Å². The van der Waals surface area contributed by atoms with E-state index in [0.717, 1.165) is 0 Å². The van der Waals surface area contributed by atoms with Crippen molar-refractivity contribution in [1.82, 2.24) is 0 Å². The summed E-state index contributed by atoms with van der Waals surface area (Å²) in [5.74, 6) is 0.281. The molecule has 1 atom stereocenters. The van der Waals surface area contributed by atoms with E-state index in [9.17, 15) is 14.0 Å². The largest absolute Gasteiger partial charge is 0.461 e. The highest BCUT2D eigenvalue weighted by Crippen LogP contribution is 2.19. The van der Waals surface area contributed by atoms with Crippen molar-refractivity contribution in [3.05, 3.63) is 54.1 Å². The van der Waals surface area contributed by atoms with Crippen LogP contribution in [0.5, 0.6) is 5.75 Å². The number of carbonyl (C=O) groups is 2. The predicted octanol–water partition coefficient (Wildman–Crippen LogP) is 4.23. The number of Topliss-reactive ketones (excluding diaryl/α,β-unsaturated/α-hetero) is 1. The van der Waals surface area contributed by atoms with Crippen molar-refractivity contribution in [2.75, 3.05) is 10.6 Å². The number of alkyl halides is 1. The van der Waals surface area contributed by atoms with Gasteiger partial charge in [-0.15, -0.1) is 0 Å². The second kappa shape index (κ2) is 7.40. The van der Waals surface area contributed by atoms with E-state index < -0.39 is 12.4 Å². The lowest BCUT2D eigenvalue weighted by Gasteiger charge is -2.10. The summed E-state index contributed by atoms with van der Waals surface area (Å²) in [7, 11) is 0. The Bertz CT molecular complexity index is 699. The van der Waals surface area contributed by atoms with Crippen LogP contribution in [0.2, 0.25) is 0 Å². The molecule has 2 aromatic carbocycles. The fourth-order valence-electron chi connectivity index (χ4n) is 1.92. The molecule has 0 aromatic heterocycles. The van der Waals surface area contributed by atoms with Crippen LogP contribution in [0, 0.1) is 0 Å². The van der Waals surface area contributed by atoms with E-state index in [1.54, 1.807) is 42.5 Å². The number of hydrogen-bond acceptors (Lipinski definition) is 3. The quantitative estimate of drug-likeness (QED) is 0.811. The Hall–Kier alpha value is -2.89. The van der Waals surface area contributed by atoms with Gasteiger partial charge >= 0.3 is 6.03 Å². The zero-order valence-corrected chi connectivity index (χ0v) is 12.8. The summed E-state index contributed by atoms with van der Waals surface area (Å²) in [6.07, 6.45) is -1.43. The van der Waals surface area contributed by atoms with Crippen molar-refractivity contribution >= 4 is 23.2 Å². The van der Waals surface area contributed by atoms with E-state index in [0.29, 0.717) is 22.7 Å². The molecule has 2 rings (SSSR count). The van der Waals surface area contributed by atoms with Gasteiger partial charge in [0.15, 0.2) is 5.78 Å². The molecule has 6 heteroatoms. The number of benzene rings is 2. The highest BCUT2D eigenvalue weighted by Gasteiger charge is 2.06. The van der Waals surface area contributed by atoms with Gasteiger partial charge in [-0.2, -0.15) is 0 Å². The third kappa shape index (κ3) is 5.10. The van der Waals surface area contributed by atoms with Crippen molar-refractivity contribution in [3.8, 4) is 5.75 Å². The molecule has 0 aliphatic heterocycles. The van der Waals surface area contributed by atoms with Crippen LogP contribution in [0.15, 0.2) is 48.5 Å². The van der Waals surface area contributed by atoms with Crippen molar-refractivity contribution in [3.63, 3.8) is 0 Å². The maximum atomic E-state index is 12.8. The van der Waals surface area contributed by atoms with Crippen LogP contribution in [0.1, 0.15) is 24.2 Å². The number of urea groups is 1. The molecule has 120 valence electrons. The average Bonchev–Trinajstić information content (AvgIpc) is 2.47. The molecule has 0 spiro atoms. The molecule has 0 heterocycles. The summed E-state index contributed by atoms with van der Waals surface area (Å²) in [5.41, 5.74) is 1.60. The molecule has 0 radical (unpaired) electrons. The summed E-state index contributed by atoms with van der Waals surface area (Å²) in [4.78, 5) is 23.1. The van der Waals surface area contributed by atoms with E-state index in [-0.39, 0.29) is 5.78 Å². The lowest BCUT2D eigenvalue weighted by Crippen LogP contribution is -2.19. The minimum atomic E-state index is -1.43. The lowest BCUT2D eigenvalue weighted by molar-refractivity contribution is 0.0861. The number of hydrogen-bond donors (Lipinski definition) is 2. The van der Waals surface area contributed by atoms with Gasteiger partial charge in [0.05, 0.1) is 0 Å². The number of rotatable bonds is 5. The summed E-state index contributed by atoms with van der Waals surface area (Å²) in [6.45, 7) is 2.75.